The Kier molecular flexibility index (Phi) is 6.11. The van der Waals surface area contributed by atoms with E-state index in [1.54, 1.807) is 0 Å². The van der Waals surface area contributed by atoms with Crippen LogP contribution in [0.4, 0.5) is 0 Å². The van der Waals surface area contributed by atoms with Crippen molar-refractivity contribution in [3.63, 3.8) is 0 Å². The van der Waals surface area contributed by atoms with Crippen LogP contribution in [0.15, 0.2) is 30.3 Å². The lowest BCUT2D eigenvalue weighted by molar-refractivity contribution is -0.144. The van der Waals surface area contributed by atoms with Gasteiger partial charge in [0.05, 0.1) is 17.0 Å². The van der Waals surface area contributed by atoms with Gasteiger partial charge in [-0.3, -0.25) is 9.69 Å². The summed E-state index contributed by atoms with van der Waals surface area (Å²) < 4.78 is 6.29. The van der Waals surface area contributed by atoms with Gasteiger partial charge in [-0.1, -0.05) is 36.7 Å². The second-order valence-corrected chi connectivity index (χ2v) is 10.8. The van der Waals surface area contributed by atoms with Crippen molar-refractivity contribution in [1.82, 2.24) is 4.90 Å². The van der Waals surface area contributed by atoms with E-state index in [0.717, 1.165) is 61.0 Å². The van der Waals surface area contributed by atoms with Crippen molar-refractivity contribution in [2.75, 3.05) is 0 Å². The van der Waals surface area contributed by atoms with Gasteiger partial charge in [0, 0.05) is 23.5 Å². The zero-order chi connectivity index (χ0) is 22.4. The highest BCUT2D eigenvalue weighted by molar-refractivity contribution is 6.37. The molecule has 4 nitrogen and oxygen atoms in total. The van der Waals surface area contributed by atoms with Crippen LogP contribution in [0.5, 0.6) is 5.75 Å². The Morgan fingerprint density at radius 1 is 1.06 bits per heavy atom. The molecule has 32 heavy (non-hydrogen) atoms. The van der Waals surface area contributed by atoms with E-state index in [1.165, 1.54) is 18.4 Å². The Labute approximate surface area is 195 Å². The van der Waals surface area contributed by atoms with Crippen molar-refractivity contribution in [1.29, 1.82) is 0 Å². The summed E-state index contributed by atoms with van der Waals surface area (Å²) >= 11 is 6.78. The molecule has 172 valence electrons. The van der Waals surface area contributed by atoms with Gasteiger partial charge >= 0.3 is 5.97 Å². The summed E-state index contributed by atoms with van der Waals surface area (Å²) in [5.74, 6) is 0.785. The first-order valence-electron chi connectivity index (χ1n) is 12.3. The van der Waals surface area contributed by atoms with Gasteiger partial charge in [0.15, 0.2) is 0 Å². The smallest absolute Gasteiger partial charge is 0.306 e. The topological polar surface area (TPSA) is 49.8 Å². The summed E-state index contributed by atoms with van der Waals surface area (Å²) in [6.45, 7) is 4.58. The SMILES string of the molecule is CC1CCC(Oc2ccc3cc([C@H](C)N4C5CCC4CC(C(=O)O)C5)ccc3c2Cl)CC1. The summed E-state index contributed by atoms with van der Waals surface area (Å²) in [6.07, 6.45) is 8.69. The van der Waals surface area contributed by atoms with Gasteiger partial charge in [-0.05, 0) is 87.3 Å². The number of hydrogen-bond donors (Lipinski definition) is 1. The number of rotatable bonds is 5. The number of aliphatic carboxylic acids is 1. The van der Waals surface area contributed by atoms with E-state index < -0.39 is 5.97 Å². The fourth-order valence-electron chi connectivity index (χ4n) is 6.39. The van der Waals surface area contributed by atoms with Crippen LogP contribution in [0.3, 0.4) is 0 Å². The third-order valence-electron chi connectivity index (χ3n) is 8.27. The highest BCUT2D eigenvalue weighted by Gasteiger charge is 2.45. The first-order chi connectivity index (χ1) is 15.4. The van der Waals surface area contributed by atoms with Gasteiger partial charge in [0.25, 0.3) is 0 Å². The van der Waals surface area contributed by atoms with Crippen LogP contribution in [-0.2, 0) is 4.79 Å². The fraction of sp³-hybridized carbons (Fsp3) is 0.593. The number of carboxylic acids is 1. The summed E-state index contributed by atoms with van der Waals surface area (Å²) in [7, 11) is 0. The molecular formula is C27H34ClNO3. The molecule has 2 heterocycles. The molecule has 3 aliphatic rings. The molecule has 5 rings (SSSR count). The van der Waals surface area contributed by atoms with E-state index in [4.69, 9.17) is 16.3 Å². The molecule has 0 radical (unpaired) electrons. The molecule has 3 atom stereocenters. The highest BCUT2D eigenvalue weighted by atomic mass is 35.5. The number of hydrogen-bond acceptors (Lipinski definition) is 3. The summed E-state index contributed by atoms with van der Waals surface area (Å²) in [6, 6.07) is 11.7. The Morgan fingerprint density at radius 2 is 1.75 bits per heavy atom. The molecule has 2 aromatic rings. The van der Waals surface area contributed by atoms with Crippen LogP contribution in [0.2, 0.25) is 5.02 Å². The molecule has 2 saturated heterocycles. The zero-order valence-corrected chi connectivity index (χ0v) is 19.9. The van der Waals surface area contributed by atoms with E-state index in [9.17, 15) is 9.90 Å². The van der Waals surface area contributed by atoms with E-state index in [2.05, 4.69) is 43.0 Å². The number of benzene rings is 2. The second-order valence-electron chi connectivity index (χ2n) is 10.4. The Bertz CT molecular complexity index is 986. The van der Waals surface area contributed by atoms with E-state index in [0.29, 0.717) is 17.1 Å². The monoisotopic (exact) mass is 455 g/mol. The quantitative estimate of drug-likeness (QED) is 0.536. The maximum Gasteiger partial charge on any atom is 0.306 e. The van der Waals surface area contributed by atoms with E-state index in [1.807, 2.05) is 6.07 Å². The number of carbonyl (C=O) groups is 1. The maximum absolute atomic E-state index is 11.5. The van der Waals surface area contributed by atoms with Crippen LogP contribution in [0, 0.1) is 11.8 Å². The van der Waals surface area contributed by atoms with Gasteiger partial charge in [0.2, 0.25) is 0 Å². The van der Waals surface area contributed by atoms with Gasteiger partial charge < -0.3 is 9.84 Å². The molecule has 2 aliphatic heterocycles. The Balaban J connectivity index is 1.34. The third-order valence-corrected chi connectivity index (χ3v) is 8.66. The number of ether oxygens (including phenoxy) is 1. The summed E-state index contributed by atoms with van der Waals surface area (Å²) in [5.41, 5.74) is 1.27. The lowest BCUT2D eigenvalue weighted by Crippen LogP contribution is -2.45. The molecule has 0 amide bonds. The van der Waals surface area contributed by atoms with Gasteiger partial charge in [0.1, 0.15) is 5.75 Å². The number of carboxylic acid groups (broad SMARTS) is 1. The molecule has 2 bridgehead atoms. The molecule has 0 aromatic heterocycles. The Hall–Kier alpha value is -1.78. The van der Waals surface area contributed by atoms with Crippen molar-refractivity contribution in [2.24, 2.45) is 11.8 Å². The van der Waals surface area contributed by atoms with Crippen LogP contribution in [0.25, 0.3) is 10.8 Å². The van der Waals surface area contributed by atoms with Crippen molar-refractivity contribution >= 4 is 28.3 Å². The largest absolute Gasteiger partial charge is 0.489 e. The predicted molar refractivity (Wildman–Crippen MR) is 128 cm³/mol. The van der Waals surface area contributed by atoms with Crippen LogP contribution >= 0.6 is 11.6 Å². The van der Waals surface area contributed by atoms with Crippen molar-refractivity contribution < 1.29 is 14.6 Å². The molecule has 5 heteroatoms. The maximum atomic E-state index is 11.5. The lowest BCUT2D eigenvalue weighted by atomic mass is 9.88. The van der Waals surface area contributed by atoms with E-state index >= 15 is 0 Å². The van der Waals surface area contributed by atoms with Crippen molar-refractivity contribution in [3.05, 3.63) is 40.9 Å². The number of nitrogens with zero attached hydrogens (tertiary/aromatic N) is 1. The summed E-state index contributed by atoms with van der Waals surface area (Å²) in [5, 5.41) is 12.4. The highest BCUT2D eigenvalue weighted by Crippen LogP contribution is 2.44. The standard InChI is InChI=1S/C27H34ClNO3/c1-16-3-9-23(10-4-16)32-25-12-6-19-13-18(5-11-24(19)26(25)28)17(2)29-21-7-8-22(29)15-20(14-21)27(30)31/h5-6,11-13,16-17,20-23H,3-4,7-10,14-15H2,1-2H3,(H,30,31)/t16?,17-,20?,21?,22?,23?/m0/s1. The first-order valence-corrected chi connectivity index (χ1v) is 12.7. The molecule has 2 unspecified atom stereocenters. The molecule has 1 saturated carbocycles. The Morgan fingerprint density at radius 3 is 2.41 bits per heavy atom. The number of fused-ring (bicyclic) bond motifs is 3. The molecular weight excluding hydrogens is 422 g/mol. The van der Waals surface area contributed by atoms with Gasteiger partial charge in [-0.2, -0.15) is 0 Å². The number of halogens is 1. The minimum atomic E-state index is -0.629. The fourth-order valence-corrected chi connectivity index (χ4v) is 6.67. The van der Waals surface area contributed by atoms with Crippen LogP contribution < -0.4 is 4.74 Å². The van der Waals surface area contributed by atoms with E-state index in [-0.39, 0.29) is 18.1 Å². The first kappa shape index (κ1) is 22.0. The van der Waals surface area contributed by atoms with Crippen LogP contribution in [-0.4, -0.2) is 34.2 Å². The van der Waals surface area contributed by atoms with Gasteiger partial charge in [-0.25, -0.2) is 0 Å². The minimum Gasteiger partial charge on any atom is -0.489 e. The number of piperidine rings is 1. The van der Waals surface area contributed by atoms with Crippen molar-refractivity contribution in [3.8, 4) is 5.75 Å². The zero-order valence-electron chi connectivity index (χ0n) is 19.1. The second kappa shape index (κ2) is 8.87. The average Bonchev–Trinajstić information content (AvgIpc) is 3.05. The van der Waals surface area contributed by atoms with Crippen LogP contribution in [0.1, 0.15) is 76.8 Å². The average molecular weight is 456 g/mol. The molecule has 0 spiro atoms. The lowest BCUT2D eigenvalue weighted by Gasteiger charge is -2.41. The molecule has 1 aliphatic carbocycles. The molecule has 2 aromatic carbocycles. The van der Waals surface area contributed by atoms with Gasteiger partial charge in [-0.15, -0.1) is 0 Å². The molecule has 1 N–H and O–H groups in total. The predicted octanol–water partition coefficient (Wildman–Crippen LogP) is 6.84. The third kappa shape index (κ3) is 4.12. The molecule has 3 fully saturated rings. The summed E-state index contributed by atoms with van der Waals surface area (Å²) in [4.78, 5) is 14.1. The normalized spacial score (nSPS) is 31.5. The van der Waals surface area contributed by atoms with Crippen molar-refractivity contribution in [2.45, 2.75) is 89.4 Å². The minimum absolute atomic E-state index is 0.183.